The van der Waals surface area contributed by atoms with Crippen LogP contribution in [0, 0.1) is 11.7 Å². The fourth-order valence-electron chi connectivity index (χ4n) is 3.22. The number of halogens is 1. The zero-order valence-electron chi connectivity index (χ0n) is 14.5. The average Bonchev–Trinajstić information content (AvgIpc) is 3.29. The van der Waals surface area contributed by atoms with Crippen LogP contribution in [0.1, 0.15) is 18.7 Å². The molecule has 1 aliphatic rings. The van der Waals surface area contributed by atoms with Gasteiger partial charge in [0, 0.05) is 31.0 Å². The second-order valence-corrected chi connectivity index (χ2v) is 8.49. The molecule has 0 saturated carbocycles. The van der Waals surface area contributed by atoms with Crippen LogP contribution in [0.3, 0.4) is 0 Å². The highest BCUT2D eigenvalue weighted by molar-refractivity contribution is 7.89. The second kappa shape index (κ2) is 6.82. The molecule has 2 aromatic heterocycles. The first-order chi connectivity index (χ1) is 12.9. The molecule has 3 aromatic rings. The molecule has 0 amide bonds. The monoisotopic (exact) mass is 388 g/mol. The van der Waals surface area contributed by atoms with Gasteiger partial charge in [-0.05, 0) is 36.2 Å². The molecule has 0 spiro atoms. The molecule has 4 rings (SSSR count). The predicted octanol–water partition coefficient (Wildman–Crippen LogP) is 2.69. The summed E-state index contributed by atoms with van der Waals surface area (Å²) in [5.74, 6) is 0.00607. The maximum absolute atomic E-state index is 13.4. The van der Waals surface area contributed by atoms with Crippen molar-refractivity contribution in [3.63, 3.8) is 0 Å². The Morgan fingerprint density at radius 1 is 1.19 bits per heavy atom. The third-order valence-electron chi connectivity index (χ3n) is 4.71. The van der Waals surface area contributed by atoms with Crippen LogP contribution in [0.25, 0.3) is 11.4 Å². The minimum Gasteiger partial charge on any atom is -0.339 e. The van der Waals surface area contributed by atoms with Gasteiger partial charge in [-0.25, -0.2) is 12.8 Å². The molecule has 0 unspecified atom stereocenters. The van der Waals surface area contributed by atoms with Gasteiger partial charge in [-0.3, -0.25) is 4.98 Å². The minimum absolute atomic E-state index is 0.0147. The highest BCUT2D eigenvalue weighted by Crippen LogP contribution is 2.35. The van der Waals surface area contributed by atoms with Crippen LogP contribution in [0.15, 0.2) is 58.2 Å². The van der Waals surface area contributed by atoms with Gasteiger partial charge in [0.1, 0.15) is 5.82 Å². The number of aromatic nitrogens is 3. The average molecular weight is 388 g/mol. The Labute approximate surface area is 155 Å². The SMILES string of the molecule is C[C@H]1CN(S(=O)(=O)c2cccc(F)c2)C[C@@H]1c1nc(-c2ccncc2)no1. The van der Waals surface area contributed by atoms with E-state index in [9.17, 15) is 12.8 Å². The van der Waals surface area contributed by atoms with Crippen molar-refractivity contribution in [1.29, 1.82) is 0 Å². The van der Waals surface area contributed by atoms with Crippen LogP contribution in [0.4, 0.5) is 4.39 Å². The lowest BCUT2D eigenvalue weighted by molar-refractivity contribution is 0.338. The lowest BCUT2D eigenvalue weighted by Gasteiger charge is -2.16. The lowest BCUT2D eigenvalue weighted by atomic mass is 9.98. The molecular formula is C18H17FN4O3S. The minimum atomic E-state index is -3.79. The molecule has 0 N–H and O–H groups in total. The Hall–Kier alpha value is -2.65. The molecule has 0 radical (unpaired) electrons. The quantitative estimate of drug-likeness (QED) is 0.683. The molecule has 0 bridgehead atoms. The van der Waals surface area contributed by atoms with Crippen molar-refractivity contribution in [2.45, 2.75) is 17.7 Å². The first kappa shape index (κ1) is 17.7. The molecule has 1 fully saturated rings. The van der Waals surface area contributed by atoms with E-state index in [0.29, 0.717) is 18.3 Å². The summed E-state index contributed by atoms with van der Waals surface area (Å²) in [5, 5.41) is 3.99. The third-order valence-corrected chi connectivity index (χ3v) is 6.54. The normalized spacial score (nSPS) is 20.8. The van der Waals surface area contributed by atoms with E-state index in [4.69, 9.17) is 4.52 Å². The van der Waals surface area contributed by atoms with Crippen molar-refractivity contribution in [3.8, 4) is 11.4 Å². The van der Waals surface area contributed by atoms with Gasteiger partial charge in [0.25, 0.3) is 0 Å². The van der Waals surface area contributed by atoms with Gasteiger partial charge in [-0.2, -0.15) is 9.29 Å². The number of sulfonamides is 1. The summed E-state index contributed by atoms with van der Waals surface area (Å²) < 4.78 is 45.8. The Kier molecular flexibility index (Phi) is 4.48. The lowest BCUT2D eigenvalue weighted by Crippen LogP contribution is -2.29. The number of hydrogen-bond acceptors (Lipinski definition) is 6. The van der Waals surface area contributed by atoms with E-state index in [1.165, 1.54) is 22.5 Å². The van der Waals surface area contributed by atoms with Crippen LogP contribution in [-0.2, 0) is 10.0 Å². The molecule has 1 aliphatic heterocycles. The zero-order valence-corrected chi connectivity index (χ0v) is 15.3. The van der Waals surface area contributed by atoms with Crippen molar-refractivity contribution in [2.24, 2.45) is 5.92 Å². The first-order valence-electron chi connectivity index (χ1n) is 8.45. The maximum atomic E-state index is 13.4. The number of benzene rings is 1. The van der Waals surface area contributed by atoms with E-state index in [0.717, 1.165) is 11.6 Å². The van der Waals surface area contributed by atoms with Gasteiger partial charge in [0.05, 0.1) is 10.8 Å². The topological polar surface area (TPSA) is 89.2 Å². The zero-order chi connectivity index (χ0) is 19.0. The summed E-state index contributed by atoms with van der Waals surface area (Å²) in [6.45, 7) is 2.44. The Balaban J connectivity index is 1.58. The van der Waals surface area contributed by atoms with Crippen molar-refractivity contribution >= 4 is 10.0 Å². The summed E-state index contributed by atoms with van der Waals surface area (Å²) in [6.07, 6.45) is 3.27. The van der Waals surface area contributed by atoms with E-state index < -0.39 is 15.8 Å². The Morgan fingerprint density at radius 2 is 1.96 bits per heavy atom. The van der Waals surface area contributed by atoms with E-state index in [1.807, 2.05) is 6.92 Å². The Bertz CT molecular complexity index is 1060. The number of pyridine rings is 1. The smallest absolute Gasteiger partial charge is 0.243 e. The molecule has 3 heterocycles. The fraction of sp³-hybridized carbons (Fsp3) is 0.278. The largest absolute Gasteiger partial charge is 0.339 e. The van der Waals surface area contributed by atoms with Crippen LogP contribution in [0.5, 0.6) is 0 Å². The highest BCUT2D eigenvalue weighted by atomic mass is 32.2. The summed E-state index contributed by atoms with van der Waals surface area (Å²) in [4.78, 5) is 8.33. The number of hydrogen-bond donors (Lipinski definition) is 0. The van der Waals surface area contributed by atoms with Gasteiger partial charge < -0.3 is 4.52 Å². The number of rotatable bonds is 4. The van der Waals surface area contributed by atoms with Gasteiger partial charge in [-0.15, -0.1) is 0 Å². The molecule has 9 heteroatoms. The molecule has 0 aliphatic carbocycles. The van der Waals surface area contributed by atoms with Crippen LogP contribution in [-0.4, -0.2) is 40.9 Å². The number of nitrogens with zero attached hydrogens (tertiary/aromatic N) is 4. The molecular weight excluding hydrogens is 371 g/mol. The fourth-order valence-corrected chi connectivity index (χ4v) is 4.82. The summed E-state index contributed by atoms with van der Waals surface area (Å²) in [6, 6.07) is 8.57. The molecule has 1 aromatic carbocycles. The van der Waals surface area contributed by atoms with Crippen molar-refractivity contribution in [2.75, 3.05) is 13.1 Å². The second-order valence-electron chi connectivity index (χ2n) is 6.56. The summed E-state index contributed by atoms with van der Waals surface area (Å²) >= 11 is 0. The van der Waals surface area contributed by atoms with Gasteiger partial charge in [-0.1, -0.05) is 18.1 Å². The molecule has 1 saturated heterocycles. The van der Waals surface area contributed by atoms with Gasteiger partial charge in [0.15, 0.2) is 0 Å². The van der Waals surface area contributed by atoms with Crippen molar-refractivity contribution < 1.29 is 17.3 Å². The highest BCUT2D eigenvalue weighted by Gasteiger charge is 2.40. The predicted molar refractivity (Wildman–Crippen MR) is 94.6 cm³/mol. The summed E-state index contributed by atoms with van der Waals surface area (Å²) in [7, 11) is -3.79. The summed E-state index contributed by atoms with van der Waals surface area (Å²) in [5.41, 5.74) is 0.773. The van der Waals surface area contributed by atoms with Crippen molar-refractivity contribution in [3.05, 3.63) is 60.5 Å². The standard InChI is InChI=1S/C18H17FN4O3S/c1-12-10-23(27(24,25)15-4-2-3-14(19)9-15)11-16(12)18-21-17(22-26-18)13-5-7-20-8-6-13/h2-9,12,16H,10-11H2,1H3/t12-,16-/m0/s1. The van der Waals surface area contributed by atoms with Crippen molar-refractivity contribution in [1.82, 2.24) is 19.4 Å². The molecule has 2 atom stereocenters. The molecule has 140 valence electrons. The van der Waals surface area contributed by atoms with Crippen LogP contribution >= 0.6 is 0 Å². The molecule has 7 nitrogen and oxygen atoms in total. The van der Waals surface area contributed by atoms with E-state index in [2.05, 4.69) is 15.1 Å². The van der Waals surface area contributed by atoms with Gasteiger partial charge >= 0.3 is 0 Å². The third kappa shape index (κ3) is 3.35. The van der Waals surface area contributed by atoms with E-state index in [-0.39, 0.29) is 23.3 Å². The Morgan fingerprint density at radius 3 is 2.70 bits per heavy atom. The van der Waals surface area contributed by atoms with Crippen LogP contribution in [0.2, 0.25) is 0 Å². The van der Waals surface area contributed by atoms with Gasteiger partial charge in [0.2, 0.25) is 21.7 Å². The molecule has 27 heavy (non-hydrogen) atoms. The van der Waals surface area contributed by atoms with E-state index in [1.54, 1.807) is 24.5 Å². The maximum Gasteiger partial charge on any atom is 0.243 e. The first-order valence-corrected chi connectivity index (χ1v) is 9.89. The van der Waals surface area contributed by atoms with Crippen LogP contribution < -0.4 is 0 Å². The van der Waals surface area contributed by atoms with E-state index >= 15 is 0 Å².